The number of nitrogens with one attached hydrogen (secondary N) is 1. The number of anilines is 1. The Kier molecular flexibility index (Phi) is 4.85. The molecule has 2 aliphatic rings. The lowest BCUT2D eigenvalue weighted by atomic mass is 10.00. The van der Waals surface area contributed by atoms with Gasteiger partial charge in [0.05, 0.1) is 22.9 Å². The molecule has 7 heteroatoms. The summed E-state index contributed by atoms with van der Waals surface area (Å²) in [6.45, 7) is 4.70. The molecule has 1 atom stereocenters. The van der Waals surface area contributed by atoms with Crippen LogP contribution >= 0.6 is 11.3 Å². The second-order valence-electron chi connectivity index (χ2n) is 7.67. The molecule has 29 heavy (non-hydrogen) atoms. The average molecular weight is 409 g/mol. The van der Waals surface area contributed by atoms with Gasteiger partial charge in [-0.15, -0.1) is 0 Å². The summed E-state index contributed by atoms with van der Waals surface area (Å²) in [4.78, 5) is 22.4. The summed E-state index contributed by atoms with van der Waals surface area (Å²) in [5.74, 6) is 0.807. The maximum Gasteiger partial charge on any atom is 0.251 e. The molecule has 1 amide bonds. The summed E-state index contributed by atoms with van der Waals surface area (Å²) < 4.78 is 6.75. The molecule has 0 bridgehead atoms. The minimum Gasteiger partial charge on any atom is -0.493 e. The van der Waals surface area contributed by atoms with Crippen LogP contribution in [0.2, 0.25) is 0 Å². The van der Waals surface area contributed by atoms with Gasteiger partial charge in [-0.3, -0.25) is 4.79 Å². The van der Waals surface area contributed by atoms with Gasteiger partial charge in [0, 0.05) is 43.7 Å². The number of carbonyl (C=O) groups excluding carboxylic acids is 1. The molecule has 150 valence electrons. The molecular formula is C22H24N4O2S. The standard InChI is InChI=1S/C22H24N4O2S/c1-25-9-11-26(12-10-25)22-24-18-7-6-15(14-20(18)29-22)21(27)23-17-8-13-28-19-5-3-2-4-16(17)19/h2-7,14,17H,8-13H2,1H3,(H,23,27)/t17-/m0/s1. The number of benzene rings is 2. The molecule has 0 spiro atoms. The van der Waals surface area contributed by atoms with Crippen molar-refractivity contribution in [3.8, 4) is 5.75 Å². The van der Waals surface area contributed by atoms with Gasteiger partial charge in [-0.2, -0.15) is 0 Å². The molecule has 1 N–H and O–H groups in total. The second kappa shape index (κ2) is 7.65. The van der Waals surface area contributed by atoms with Crippen molar-refractivity contribution >= 4 is 32.6 Å². The number of thiazole rings is 1. The van der Waals surface area contributed by atoms with Crippen LogP contribution in [0.1, 0.15) is 28.4 Å². The van der Waals surface area contributed by atoms with Gasteiger partial charge in [-0.05, 0) is 31.3 Å². The van der Waals surface area contributed by atoms with E-state index in [1.54, 1.807) is 11.3 Å². The Balaban J connectivity index is 1.35. The average Bonchev–Trinajstić information content (AvgIpc) is 3.18. The summed E-state index contributed by atoms with van der Waals surface area (Å²) in [5, 5.41) is 4.23. The molecule has 1 fully saturated rings. The van der Waals surface area contributed by atoms with Crippen molar-refractivity contribution in [2.45, 2.75) is 12.5 Å². The molecule has 0 saturated carbocycles. The maximum absolute atomic E-state index is 12.9. The zero-order valence-electron chi connectivity index (χ0n) is 16.4. The smallest absolute Gasteiger partial charge is 0.251 e. The highest BCUT2D eigenvalue weighted by Crippen LogP contribution is 2.33. The van der Waals surface area contributed by atoms with Crippen LogP contribution < -0.4 is 15.0 Å². The van der Waals surface area contributed by atoms with Gasteiger partial charge in [-0.25, -0.2) is 4.98 Å². The van der Waals surface area contributed by atoms with Crippen LogP contribution in [0.4, 0.5) is 5.13 Å². The Bertz CT molecular complexity index is 1040. The quantitative estimate of drug-likeness (QED) is 0.721. The molecule has 0 unspecified atom stereocenters. The van der Waals surface area contributed by atoms with E-state index >= 15 is 0 Å². The third kappa shape index (κ3) is 3.68. The molecule has 0 aliphatic carbocycles. The largest absolute Gasteiger partial charge is 0.493 e. The summed E-state index contributed by atoms with van der Waals surface area (Å²) in [5.41, 5.74) is 2.68. The van der Waals surface area contributed by atoms with Crippen LogP contribution in [0, 0.1) is 0 Å². The number of piperazine rings is 1. The van der Waals surface area contributed by atoms with E-state index in [1.807, 2.05) is 42.5 Å². The molecule has 3 heterocycles. The van der Waals surface area contributed by atoms with Crippen LogP contribution in [0.25, 0.3) is 10.2 Å². The number of aromatic nitrogens is 1. The minimum atomic E-state index is -0.0526. The fourth-order valence-electron chi connectivity index (χ4n) is 3.92. The van der Waals surface area contributed by atoms with Crippen molar-refractivity contribution in [3.63, 3.8) is 0 Å². The summed E-state index contributed by atoms with van der Waals surface area (Å²) in [7, 11) is 2.15. The Hall–Kier alpha value is -2.64. The zero-order chi connectivity index (χ0) is 19.8. The van der Waals surface area contributed by atoms with Crippen molar-refractivity contribution in [2.24, 2.45) is 0 Å². The first-order valence-corrected chi connectivity index (χ1v) is 10.9. The van der Waals surface area contributed by atoms with E-state index in [0.717, 1.165) is 59.3 Å². The van der Waals surface area contributed by atoms with Gasteiger partial charge < -0.3 is 19.9 Å². The monoisotopic (exact) mass is 408 g/mol. The van der Waals surface area contributed by atoms with Gasteiger partial charge in [-0.1, -0.05) is 29.5 Å². The predicted octanol–water partition coefficient (Wildman–Crippen LogP) is 3.30. The van der Waals surface area contributed by atoms with Gasteiger partial charge in [0.25, 0.3) is 5.91 Å². The number of para-hydroxylation sites is 1. The van der Waals surface area contributed by atoms with Crippen LogP contribution in [0.15, 0.2) is 42.5 Å². The predicted molar refractivity (Wildman–Crippen MR) is 116 cm³/mol. The fraction of sp³-hybridized carbons (Fsp3) is 0.364. The van der Waals surface area contributed by atoms with E-state index in [-0.39, 0.29) is 11.9 Å². The van der Waals surface area contributed by atoms with Crippen LogP contribution in [0.3, 0.4) is 0 Å². The lowest BCUT2D eigenvalue weighted by Crippen LogP contribution is -2.44. The number of hydrogen-bond donors (Lipinski definition) is 1. The Morgan fingerprint density at radius 3 is 2.86 bits per heavy atom. The highest BCUT2D eigenvalue weighted by molar-refractivity contribution is 7.22. The van der Waals surface area contributed by atoms with Crippen LogP contribution in [-0.4, -0.2) is 55.6 Å². The first-order chi connectivity index (χ1) is 14.2. The molecule has 2 aromatic carbocycles. The molecule has 2 aliphatic heterocycles. The van der Waals surface area contributed by atoms with E-state index in [2.05, 4.69) is 22.2 Å². The molecule has 6 nitrogen and oxygen atoms in total. The molecule has 5 rings (SSSR count). The number of hydrogen-bond acceptors (Lipinski definition) is 6. The van der Waals surface area contributed by atoms with Crippen molar-refractivity contribution in [1.82, 2.24) is 15.2 Å². The molecular weight excluding hydrogens is 384 g/mol. The first kappa shape index (κ1) is 18.4. The third-order valence-corrected chi connectivity index (χ3v) is 6.76. The molecule has 0 radical (unpaired) electrons. The van der Waals surface area contributed by atoms with E-state index in [4.69, 9.17) is 9.72 Å². The lowest BCUT2D eigenvalue weighted by Gasteiger charge is -2.32. The number of ether oxygens (including phenoxy) is 1. The Labute approximate surface area is 174 Å². The first-order valence-electron chi connectivity index (χ1n) is 10.0. The van der Waals surface area contributed by atoms with Gasteiger partial charge in [0.2, 0.25) is 0 Å². The topological polar surface area (TPSA) is 57.7 Å². The number of nitrogens with zero attached hydrogens (tertiary/aromatic N) is 3. The van der Waals surface area contributed by atoms with Gasteiger partial charge in [0.1, 0.15) is 5.75 Å². The summed E-state index contributed by atoms with van der Waals surface area (Å²) in [6, 6.07) is 13.7. The third-order valence-electron chi connectivity index (χ3n) is 5.68. The molecule has 1 saturated heterocycles. The zero-order valence-corrected chi connectivity index (χ0v) is 17.2. The lowest BCUT2D eigenvalue weighted by molar-refractivity contribution is 0.0925. The normalized spacial score (nSPS) is 19.6. The van der Waals surface area contributed by atoms with E-state index in [0.29, 0.717) is 12.2 Å². The van der Waals surface area contributed by atoms with Gasteiger partial charge in [0.15, 0.2) is 5.13 Å². The van der Waals surface area contributed by atoms with Crippen molar-refractivity contribution in [3.05, 3.63) is 53.6 Å². The SMILES string of the molecule is CN1CCN(c2nc3ccc(C(=O)N[C@H]4CCOc5ccccc54)cc3s2)CC1. The number of fused-ring (bicyclic) bond motifs is 2. The number of amides is 1. The van der Waals surface area contributed by atoms with Crippen molar-refractivity contribution in [1.29, 1.82) is 0 Å². The van der Waals surface area contributed by atoms with Crippen molar-refractivity contribution in [2.75, 3.05) is 44.7 Å². The number of likely N-dealkylation sites (N-methyl/N-ethyl adjacent to an activating group) is 1. The van der Waals surface area contributed by atoms with E-state index < -0.39 is 0 Å². The Morgan fingerprint density at radius 1 is 1.17 bits per heavy atom. The summed E-state index contributed by atoms with van der Waals surface area (Å²) >= 11 is 1.67. The second-order valence-corrected chi connectivity index (χ2v) is 8.68. The molecule has 1 aromatic heterocycles. The highest BCUT2D eigenvalue weighted by Gasteiger charge is 2.23. The van der Waals surface area contributed by atoms with Crippen LogP contribution in [-0.2, 0) is 0 Å². The van der Waals surface area contributed by atoms with E-state index in [1.165, 1.54) is 0 Å². The van der Waals surface area contributed by atoms with Crippen molar-refractivity contribution < 1.29 is 9.53 Å². The summed E-state index contributed by atoms with van der Waals surface area (Å²) in [6.07, 6.45) is 0.777. The van der Waals surface area contributed by atoms with E-state index in [9.17, 15) is 4.79 Å². The molecule has 3 aromatic rings. The minimum absolute atomic E-state index is 0.0227. The van der Waals surface area contributed by atoms with Gasteiger partial charge >= 0.3 is 0 Å². The maximum atomic E-state index is 12.9. The number of rotatable bonds is 3. The van der Waals surface area contributed by atoms with Crippen LogP contribution in [0.5, 0.6) is 5.75 Å². The fourth-order valence-corrected chi connectivity index (χ4v) is 4.98. The Morgan fingerprint density at radius 2 is 2.00 bits per heavy atom. The number of carbonyl (C=O) groups is 1. The highest BCUT2D eigenvalue weighted by atomic mass is 32.1.